The van der Waals surface area contributed by atoms with Gasteiger partial charge in [0.2, 0.25) is 6.08 Å². The largest absolute Gasteiger partial charge is 0.335 e. The molecule has 0 saturated heterocycles. The second kappa shape index (κ2) is 3.83. The molecule has 1 heterocycles. The van der Waals surface area contributed by atoms with Gasteiger partial charge in [-0.15, -0.1) is 4.99 Å². The average Bonchev–Trinajstić information content (AvgIpc) is 2.36. The molecule has 1 rings (SSSR count). The number of aliphatic imine (C=N–C) groups is 1. The minimum Gasteiger partial charge on any atom is -0.335 e. The SMILES string of the molecule is CC(C)Cc1cc(N=C=O)on1. The molecule has 4 nitrogen and oxygen atoms in total. The van der Waals surface area contributed by atoms with Gasteiger partial charge in [0, 0.05) is 6.07 Å². The van der Waals surface area contributed by atoms with Crippen molar-refractivity contribution in [2.75, 3.05) is 0 Å². The van der Waals surface area contributed by atoms with Crippen molar-refractivity contribution in [3.63, 3.8) is 0 Å². The summed E-state index contributed by atoms with van der Waals surface area (Å²) in [7, 11) is 0. The van der Waals surface area contributed by atoms with Crippen molar-refractivity contribution in [1.29, 1.82) is 0 Å². The zero-order chi connectivity index (χ0) is 8.97. The predicted molar refractivity (Wildman–Crippen MR) is 42.8 cm³/mol. The Morgan fingerprint density at radius 1 is 1.75 bits per heavy atom. The lowest BCUT2D eigenvalue weighted by Gasteiger charge is -1.96. The molecule has 0 aliphatic heterocycles. The second-order valence-corrected chi connectivity index (χ2v) is 2.96. The summed E-state index contributed by atoms with van der Waals surface area (Å²) in [5, 5.41) is 3.73. The van der Waals surface area contributed by atoms with E-state index >= 15 is 0 Å². The molecule has 1 aromatic rings. The van der Waals surface area contributed by atoms with Crippen LogP contribution in [0.1, 0.15) is 19.5 Å². The molecule has 0 fully saturated rings. The van der Waals surface area contributed by atoms with Gasteiger partial charge in [0.05, 0.1) is 5.69 Å². The van der Waals surface area contributed by atoms with Crippen LogP contribution in [0.15, 0.2) is 15.6 Å². The summed E-state index contributed by atoms with van der Waals surface area (Å²) in [6.45, 7) is 4.16. The van der Waals surface area contributed by atoms with Crippen LogP contribution in [-0.4, -0.2) is 11.2 Å². The molecule has 0 aliphatic carbocycles. The smallest absolute Gasteiger partial charge is 0.261 e. The standard InChI is InChI=1S/C8H10N2O2/c1-6(2)3-7-4-8(9-5-11)12-10-7/h4,6H,3H2,1-2H3. The van der Waals surface area contributed by atoms with Crippen molar-refractivity contribution >= 4 is 12.0 Å². The van der Waals surface area contributed by atoms with Crippen molar-refractivity contribution in [1.82, 2.24) is 5.16 Å². The summed E-state index contributed by atoms with van der Waals surface area (Å²) < 4.78 is 4.73. The van der Waals surface area contributed by atoms with Gasteiger partial charge in [0.1, 0.15) is 0 Å². The molecule has 0 aliphatic rings. The summed E-state index contributed by atoms with van der Waals surface area (Å²) in [6, 6.07) is 1.64. The highest BCUT2D eigenvalue weighted by Gasteiger charge is 2.04. The maximum absolute atomic E-state index is 9.83. The van der Waals surface area contributed by atoms with Crippen molar-refractivity contribution in [3.05, 3.63) is 11.8 Å². The molecule has 0 amide bonds. The average molecular weight is 166 g/mol. The topological polar surface area (TPSA) is 55.5 Å². The molecule has 4 heteroatoms. The van der Waals surface area contributed by atoms with Gasteiger partial charge in [-0.3, -0.25) is 0 Å². The normalized spacial score (nSPS) is 9.92. The number of aromatic nitrogens is 1. The summed E-state index contributed by atoms with van der Waals surface area (Å²) in [4.78, 5) is 13.1. The van der Waals surface area contributed by atoms with Crippen molar-refractivity contribution in [2.45, 2.75) is 20.3 Å². The Labute approximate surface area is 70.3 Å². The van der Waals surface area contributed by atoms with Crippen molar-refractivity contribution in [2.24, 2.45) is 10.9 Å². The van der Waals surface area contributed by atoms with Gasteiger partial charge in [-0.05, 0) is 12.3 Å². The quantitative estimate of drug-likeness (QED) is 0.508. The van der Waals surface area contributed by atoms with Gasteiger partial charge >= 0.3 is 0 Å². The van der Waals surface area contributed by atoms with E-state index in [2.05, 4.69) is 24.0 Å². The van der Waals surface area contributed by atoms with Crippen LogP contribution in [0.5, 0.6) is 0 Å². The molecular formula is C8H10N2O2. The number of hydrogen-bond donors (Lipinski definition) is 0. The zero-order valence-corrected chi connectivity index (χ0v) is 7.07. The number of rotatable bonds is 3. The summed E-state index contributed by atoms with van der Waals surface area (Å²) in [6.07, 6.45) is 2.22. The molecule has 0 radical (unpaired) electrons. The second-order valence-electron chi connectivity index (χ2n) is 2.96. The maximum Gasteiger partial charge on any atom is 0.261 e. The molecular weight excluding hydrogens is 156 g/mol. The first kappa shape index (κ1) is 8.68. The van der Waals surface area contributed by atoms with Crippen LogP contribution in [0.4, 0.5) is 5.88 Å². The Kier molecular flexibility index (Phi) is 2.77. The minimum absolute atomic E-state index is 0.223. The highest BCUT2D eigenvalue weighted by molar-refractivity contribution is 5.42. The first-order valence-corrected chi connectivity index (χ1v) is 3.76. The lowest BCUT2D eigenvalue weighted by atomic mass is 10.1. The van der Waals surface area contributed by atoms with Gasteiger partial charge in [-0.25, -0.2) is 4.79 Å². The number of isocyanates is 1. The minimum atomic E-state index is 0.223. The van der Waals surface area contributed by atoms with Crippen molar-refractivity contribution < 1.29 is 9.32 Å². The molecule has 64 valence electrons. The zero-order valence-electron chi connectivity index (χ0n) is 7.07. The molecule has 0 bridgehead atoms. The molecule has 0 N–H and O–H groups in total. The fourth-order valence-electron chi connectivity index (χ4n) is 0.913. The van der Waals surface area contributed by atoms with Gasteiger partial charge in [0.15, 0.2) is 0 Å². The Bertz CT molecular complexity index is 298. The first-order valence-electron chi connectivity index (χ1n) is 3.76. The number of hydrogen-bond acceptors (Lipinski definition) is 4. The Morgan fingerprint density at radius 2 is 2.50 bits per heavy atom. The molecule has 0 unspecified atom stereocenters. The van der Waals surface area contributed by atoms with Gasteiger partial charge in [0.25, 0.3) is 5.88 Å². The van der Waals surface area contributed by atoms with E-state index in [1.807, 2.05) is 0 Å². The highest BCUT2D eigenvalue weighted by atomic mass is 16.5. The van der Waals surface area contributed by atoms with E-state index in [9.17, 15) is 4.79 Å². The van der Waals surface area contributed by atoms with Crippen LogP contribution in [0.25, 0.3) is 0 Å². The van der Waals surface area contributed by atoms with E-state index in [0.29, 0.717) is 5.92 Å². The van der Waals surface area contributed by atoms with Crippen LogP contribution in [0.2, 0.25) is 0 Å². The first-order chi connectivity index (χ1) is 5.72. The third-order valence-corrected chi connectivity index (χ3v) is 1.32. The van der Waals surface area contributed by atoms with Crippen molar-refractivity contribution in [3.8, 4) is 0 Å². The van der Waals surface area contributed by atoms with E-state index in [-0.39, 0.29) is 5.88 Å². The molecule has 12 heavy (non-hydrogen) atoms. The molecule has 0 atom stereocenters. The fraction of sp³-hybridized carbons (Fsp3) is 0.500. The molecule has 1 aromatic heterocycles. The lowest BCUT2D eigenvalue weighted by molar-refractivity contribution is 0.416. The van der Waals surface area contributed by atoms with E-state index in [4.69, 9.17) is 4.52 Å². The molecule has 0 spiro atoms. The summed E-state index contributed by atoms with van der Waals surface area (Å²) in [5.41, 5.74) is 0.819. The van der Waals surface area contributed by atoms with E-state index in [0.717, 1.165) is 12.1 Å². The maximum atomic E-state index is 9.83. The highest BCUT2D eigenvalue weighted by Crippen LogP contribution is 2.14. The van der Waals surface area contributed by atoms with Crippen LogP contribution >= 0.6 is 0 Å². The van der Waals surface area contributed by atoms with E-state index < -0.39 is 0 Å². The lowest BCUT2D eigenvalue weighted by Crippen LogP contribution is -1.92. The van der Waals surface area contributed by atoms with Crippen LogP contribution in [0, 0.1) is 5.92 Å². The van der Waals surface area contributed by atoms with E-state index in [1.54, 1.807) is 6.07 Å². The van der Waals surface area contributed by atoms with Gasteiger partial charge < -0.3 is 4.52 Å². The third-order valence-electron chi connectivity index (χ3n) is 1.32. The summed E-state index contributed by atoms with van der Waals surface area (Å²) in [5.74, 6) is 0.740. The van der Waals surface area contributed by atoms with Gasteiger partial charge in [-0.1, -0.05) is 19.0 Å². The Morgan fingerprint density at radius 3 is 3.08 bits per heavy atom. The fourth-order valence-corrected chi connectivity index (χ4v) is 0.913. The molecule has 0 aromatic carbocycles. The van der Waals surface area contributed by atoms with Crippen LogP contribution < -0.4 is 0 Å². The third kappa shape index (κ3) is 2.32. The Balaban J connectivity index is 2.70. The number of nitrogens with zero attached hydrogens (tertiary/aromatic N) is 2. The Hall–Kier alpha value is -1.41. The van der Waals surface area contributed by atoms with Crippen LogP contribution in [0.3, 0.4) is 0 Å². The summed E-state index contributed by atoms with van der Waals surface area (Å²) >= 11 is 0. The monoisotopic (exact) mass is 166 g/mol. The predicted octanol–water partition coefficient (Wildman–Crippen LogP) is 1.84. The van der Waals surface area contributed by atoms with Crippen LogP contribution in [-0.2, 0) is 11.2 Å². The van der Waals surface area contributed by atoms with Gasteiger partial charge in [-0.2, -0.15) is 0 Å². The molecule has 0 saturated carbocycles. The van der Waals surface area contributed by atoms with E-state index in [1.165, 1.54) is 6.08 Å². The number of carbonyl (C=O) groups excluding carboxylic acids is 1.